The zero-order chi connectivity index (χ0) is 24.2. The van der Waals surface area contributed by atoms with Crippen LogP contribution in [0.4, 0.5) is 4.79 Å². The molecule has 1 saturated carbocycles. The lowest BCUT2D eigenvalue weighted by molar-refractivity contribution is -0.143. The van der Waals surface area contributed by atoms with Crippen molar-refractivity contribution in [2.24, 2.45) is 17.8 Å². The fourth-order valence-corrected chi connectivity index (χ4v) is 6.05. The molecule has 35 heavy (non-hydrogen) atoms. The number of piperidine rings is 1. The molecule has 1 N–H and O–H groups in total. The summed E-state index contributed by atoms with van der Waals surface area (Å²) < 4.78 is 0. The van der Waals surface area contributed by atoms with Gasteiger partial charge in [-0.05, 0) is 62.0 Å². The maximum absolute atomic E-state index is 13.3. The van der Waals surface area contributed by atoms with E-state index >= 15 is 0 Å². The molecule has 3 unspecified atom stereocenters. The Morgan fingerprint density at radius 3 is 2.20 bits per heavy atom. The van der Waals surface area contributed by atoms with Gasteiger partial charge in [0, 0.05) is 31.6 Å². The first-order valence-corrected chi connectivity index (χ1v) is 13.1. The van der Waals surface area contributed by atoms with Crippen LogP contribution in [0.15, 0.2) is 60.7 Å². The number of carbonyl (C=O) groups excluding carboxylic acids is 3. The smallest absolute Gasteiger partial charge is 0.324 e. The molecule has 4 amide bonds. The zero-order valence-corrected chi connectivity index (χ0v) is 20.3. The number of fused-ring (bicyclic) bond motifs is 1. The Morgan fingerprint density at radius 2 is 1.51 bits per heavy atom. The molecule has 3 fully saturated rings. The summed E-state index contributed by atoms with van der Waals surface area (Å²) in [7, 11) is 0. The van der Waals surface area contributed by atoms with Gasteiger partial charge >= 0.3 is 6.03 Å². The quantitative estimate of drug-likeness (QED) is 0.688. The van der Waals surface area contributed by atoms with E-state index in [1.54, 1.807) is 0 Å². The van der Waals surface area contributed by atoms with Crippen LogP contribution in [0.2, 0.25) is 0 Å². The van der Waals surface area contributed by atoms with Gasteiger partial charge in [0.2, 0.25) is 11.8 Å². The Labute approximate surface area is 207 Å². The van der Waals surface area contributed by atoms with Crippen LogP contribution in [0.5, 0.6) is 0 Å². The molecule has 2 saturated heterocycles. The molecule has 0 radical (unpaired) electrons. The Bertz CT molecular complexity index is 1030. The maximum atomic E-state index is 13.3. The minimum absolute atomic E-state index is 0.0812. The second-order valence-corrected chi connectivity index (χ2v) is 10.4. The third-order valence-corrected chi connectivity index (χ3v) is 8.10. The second kappa shape index (κ2) is 10.6. The Kier molecular flexibility index (Phi) is 7.16. The van der Waals surface area contributed by atoms with Gasteiger partial charge in [-0.2, -0.15) is 0 Å². The first kappa shape index (κ1) is 23.6. The van der Waals surface area contributed by atoms with Gasteiger partial charge in [0.25, 0.3) is 0 Å². The van der Waals surface area contributed by atoms with Crippen molar-refractivity contribution >= 4 is 17.8 Å². The highest BCUT2D eigenvalue weighted by Gasteiger charge is 2.46. The standard InChI is InChI=1S/C29H35N3O3/c33-27(31-16-13-23(14-17-31)19-22-9-5-2-6-10-22)24-11-12-25-26(20-24)30-29(35)32(28(25)34)18-15-21-7-3-1-4-8-21/h1-10,23-26H,11-20H2,(H,30,35). The van der Waals surface area contributed by atoms with E-state index in [2.05, 4.69) is 29.6 Å². The highest BCUT2D eigenvalue weighted by atomic mass is 16.2. The lowest BCUT2D eigenvalue weighted by atomic mass is 9.75. The fourth-order valence-electron chi connectivity index (χ4n) is 6.05. The van der Waals surface area contributed by atoms with Crippen LogP contribution in [0, 0.1) is 17.8 Å². The topological polar surface area (TPSA) is 69.7 Å². The number of carbonyl (C=O) groups is 3. The fraction of sp³-hybridized carbons (Fsp3) is 0.483. The van der Waals surface area contributed by atoms with E-state index in [4.69, 9.17) is 0 Å². The average molecular weight is 474 g/mol. The van der Waals surface area contributed by atoms with Gasteiger partial charge in [0.05, 0.1) is 5.92 Å². The normalized spacial score (nSPS) is 25.2. The molecule has 0 spiro atoms. The number of urea groups is 1. The summed E-state index contributed by atoms with van der Waals surface area (Å²) in [4.78, 5) is 42.6. The van der Waals surface area contributed by atoms with Crippen molar-refractivity contribution < 1.29 is 14.4 Å². The number of likely N-dealkylation sites (tertiary alicyclic amines) is 1. The molecule has 2 heterocycles. The van der Waals surface area contributed by atoms with Crippen molar-refractivity contribution in [1.29, 1.82) is 0 Å². The van der Waals surface area contributed by atoms with E-state index in [1.165, 1.54) is 10.5 Å². The molecular formula is C29H35N3O3. The van der Waals surface area contributed by atoms with Gasteiger partial charge in [0.1, 0.15) is 0 Å². The minimum atomic E-state index is -0.318. The first-order chi connectivity index (χ1) is 17.1. The first-order valence-electron chi connectivity index (χ1n) is 13.1. The number of nitrogens with zero attached hydrogens (tertiary/aromatic N) is 2. The largest absolute Gasteiger partial charge is 0.342 e. The van der Waals surface area contributed by atoms with Crippen molar-refractivity contribution in [1.82, 2.24) is 15.1 Å². The van der Waals surface area contributed by atoms with Gasteiger partial charge in [0.15, 0.2) is 0 Å². The Balaban J connectivity index is 1.12. The molecule has 3 aliphatic rings. The van der Waals surface area contributed by atoms with Gasteiger partial charge in [-0.25, -0.2) is 4.79 Å². The van der Waals surface area contributed by atoms with Crippen molar-refractivity contribution in [3.63, 3.8) is 0 Å². The molecule has 184 valence electrons. The molecule has 0 bridgehead atoms. The van der Waals surface area contributed by atoms with Crippen LogP contribution in [-0.2, 0) is 22.4 Å². The van der Waals surface area contributed by atoms with E-state index in [-0.39, 0.29) is 35.7 Å². The van der Waals surface area contributed by atoms with Crippen molar-refractivity contribution in [2.45, 2.75) is 51.0 Å². The summed E-state index contributed by atoms with van der Waals surface area (Å²) in [6, 6.07) is 19.9. The van der Waals surface area contributed by atoms with E-state index in [1.807, 2.05) is 41.3 Å². The van der Waals surface area contributed by atoms with Crippen LogP contribution in [0.1, 0.15) is 43.2 Å². The molecular weight excluding hydrogens is 438 g/mol. The number of amides is 4. The number of rotatable bonds is 6. The monoisotopic (exact) mass is 473 g/mol. The molecule has 0 aromatic heterocycles. The maximum Gasteiger partial charge on any atom is 0.324 e. The van der Waals surface area contributed by atoms with Crippen LogP contribution < -0.4 is 5.32 Å². The predicted molar refractivity (Wildman–Crippen MR) is 134 cm³/mol. The number of hydrogen-bond donors (Lipinski definition) is 1. The number of nitrogens with one attached hydrogen (secondary N) is 1. The van der Waals surface area contributed by atoms with Crippen molar-refractivity contribution in [3.8, 4) is 0 Å². The minimum Gasteiger partial charge on any atom is -0.342 e. The van der Waals surface area contributed by atoms with Crippen molar-refractivity contribution in [3.05, 3.63) is 71.8 Å². The summed E-state index contributed by atoms with van der Waals surface area (Å²) >= 11 is 0. The summed E-state index contributed by atoms with van der Waals surface area (Å²) in [5.41, 5.74) is 2.48. The Hall–Kier alpha value is -3.15. The van der Waals surface area contributed by atoms with Gasteiger partial charge < -0.3 is 10.2 Å². The molecule has 2 aliphatic heterocycles. The number of hydrogen-bond acceptors (Lipinski definition) is 3. The van der Waals surface area contributed by atoms with E-state index < -0.39 is 0 Å². The van der Waals surface area contributed by atoms with Crippen molar-refractivity contribution in [2.75, 3.05) is 19.6 Å². The number of imide groups is 1. The summed E-state index contributed by atoms with van der Waals surface area (Å²) in [6.07, 6.45) is 5.74. The van der Waals surface area contributed by atoms with E-state index in [0.717, 1.165) is 44.3 Å². The molecule has 3 atom stereocenters. The van der Waals surface area contributed by atoms with Gasteiger partial charge in [-0.3, -0.25) is 14.5 Å². The molecule has 6 nitrogen and oxygen atoms in total. The highest BCUT2D eigenvalue weighted by molar-refractivity contribution is 5.99. The molecule has 6 heteroatoms. The highest BCUT2D eigenvalue weighted by Crippen LogP contribution is 2.35. The van der Waals surface area contributed by atoms with Crippen LogP contribution in [-0.4, -0.2) is 53.3 Å². The number of benzene rings is 2. The summed E-state index contributed by atoms with van der Waals surface area (Å²) in [5, 5.41) is 3.05. The third kappa shape index (κ3) is 5.42. The summed E-state index contributed by atoms with van der Waals surface area (Å²) in [5.74, 6) is 0.418. The SMILES string of the molecule is O=C(C1CCC2C(=O)N(CCc3ccccc3)C(=O)NC2C1)N1CCC(Cc2ccccc2)CC1. The van der Waals surface area contributed by atoms with E-state index in [0.29, 0.717) is 31.7 Å². The second-order valence-electron chi connectivity index (χ2n) is 10.4. The lowest BCUT2D eigenvalue weighted by Gasteiger charge is -2.43. The predicted octanol–water partition coefficient (Wildman–Crippen LogP) is 4.05. The van der Waals surface area contributed by atoms with Gasteiger partial charge in [-0.1, -0.05) is 60.7 Å². The zero-order valence-electron chi connectivity index (χ0n) is 20.3. The molecule has 2 aromatic carbocycles. The molecule has 2 aromatic rings. The summed E-state index contributed by atoms with van der Waals surface area (Å²) in [6.45, 7) is 2.00. The van der Waals surface area contributed by atoms with E-state index in [9.17, 15) is 14.4 Å². The van der Waals surface area contributed by atoms with Crippen LogP contribution in [0.3, 0.4) is 0 Å². The van der Waals surface area contributed by atoms with Gasteiger partial charge in [-0.15, -0.1) is 0 Å². The molecule has 5 rings (SSSR count). The Morgan fingerprint density at radius 1 is 0.857 bits per heavy atom. The third-order valence-electron chi connectivity index (χ3n) is 8.10. The van der Waals surface area contributed by atoms with Crippen LogP contribution >= 0.6 is 0 Å². The average Bonchev–Trinajstić information content (AvgIpc) is 2.89. The molecule has 1 aliphatic carbocycles. The lowest BCUT2D eigenvalue weighted by Crippen LogP contribution is -2.62. The van der Waals surface area contributed by atoms with Crippen LogP contribution in [0.25, 0.3) is 0 Å².